The van der Waals surface area contributed by atoms with E-state index in [2.05, 4.69) is 22.1 Å². The number of likely N-dealkylation sites (tertiary alicyclic amines) is 1. The highest BCUT2D eigenvalue weighted by molar-refractivity contribution is 5.95. The molecule has 104 valence electrons. The number of hydrogen-bond donors (Lipinski definition) is 1. The Bertz CT molecular complexity index is 473. The highest BCUT2D eigenvalue weighted by atomic mass is 16.5. The monoisotopic (exact) mass is 264 g/mol. The largest absolute Gasteiger partial charge is 0.374 e. The molecule has 0 bridgehead atoms. The van der Waals surface area contributed by atoms with E-state index >= 15 is 0 Å². The van der Waals surface area contributed by atoms with Crippen LogP contribution in [0.4, 0.5) is 0 Å². The summed E-state index contributed by atoms with van der Waals surface area (Å²) in [5, 5.41) is 6.77. The highest BCUT2D eigenvalue weighted by Gasteiger charge is 2.39. The van der Waals surface area contributed by atoms with Crippen LogP contribution in [0.5, 0.6) is 0 Å². The van der Waals surface area contributed by atoms with Gasteiger partial charge in [0.2, 0.25) is 0 Å². The number of aryl methyl sites for hydroxylation is 1. The van der Waals surface area contributed by atoms with Crippen molar-refractivity contribution in [3.63, 3.8) is 0 Å². The molecule has 1 amide bonds. The van der Waals surface area contributed by atoms with Crippen LogP contribution in [-0.4, -0.2) is 71.3 Å². The molecule has 0 radical (unpaired) electrons. The molecule has 19 heavy (non-hydrogen) atoms. The van der Waals surface area contributed by atoms with Crippen LogP contribution in [0.1, 0.15) is 22.5 Å². The number of nitrogens with one attached hydrogen (secondary N) is 1. The molecule has 2 aliphatic rings. The minimum atomic E-state index is 0.0693. The van der Waals surface area contributed by atoms with Gasteiger partial charge in [0.05, 0.1) is 30.5 Å². The van der Waals surface area contributed by atoms with Gasteiger partial charge in [-0.3, -0.25) is 9.89 Å². The average Bonchev–Trinajstić information content (AvgIpc) is 2.83. The zero-order valence-corrected chi connectivity index (χ0v) is 11.4. The quantitative estimate of drug-likeness (QED) is 0.790. The fraction of sp³-hybridized carbons (Fsp3) is 0.692. The van der Waals surface area contributed by atoms with E-state index < -0.39 is 0 Å². The lowest BCUT2D eigenvalue weighted by molar-refractivity contribution is -0.0870. The SMILES string of the molecule is Cc1[nH]ncc1C(=O)N1CCO[C@H]2CCN(C)C[C@@H]21. The predicted molar refractivity (Wildman–Crippen MR) is 70.0 cm³/mol. The van der Waals surface area contributed by atoms with Gasteiger partial charge in [0.25, 0.3) is 5.91 Å². The Morgan fingerprint density at radius 1 is 1.53 bits per heavy atom. The summed E-state index contributed by atoms with van der Waals surface area (Å²) in [5.74, 6) is 0.0693. The molecule has 2 saturated heterocycles. The van der Waals surface area contributed by atoms with Gasteiger partial charge in [-0.1, -0.05) is 0 Å². The van der Waals surface area contributed by atoms with Crippen molar-refractivity contribution in [1.82, 2.24) is 20.0 Å². The van der Waals surface area contributed by atoms with E-state index in [-0.39, 0.29) is 18.1 Å². The maximum absolute atomic E-state index is 12.6. The summed E-state index contributed by atoms with van der Waals surface area (Å²) in [4.78, 5) is 16.9. The van der Waals surface area contributed by atoms with Crippen LogP contribution in [0.15, 0.2) is 6.20 Å². The van der Waals surface area contributed by atoms with Crippen LogP contribution in [0.25, 0.3) is 0 Å². The number of carbonyl (C=O) groups excluding carboxylic acids is 1. The van der Waals surface area contributed by atoms with E-state index in [4.69, 9.17) is 4.74 Å². The Labute approximate surface area is 112 Å². The molecule has 6 heteroatoms. The molecule has 2 fully saturated rings. The van der Waals surface area contributed by atoms with Crippen molar-refractivity contribution in [1.29, 1.82) is 0 Å². The maximum Gasteiger partial charge on any atom is 0.257 e. The van der Waals surface area contributed by atoms with Crippen LogP contribution in [0.3, 0.4) is 0 Å². The van der Waals surface area contributed by atoms with E-state index in [1.165, 1.54) is 0 Å². The number of morpholine rings is 1. The summed E-state index contributed by atoms with van der Waals surface area (Å²) >= 11 is 0. The fourth-order valence-electron chi connectivity index (χ4n) is 3.00. The second-order valence-corrected chi connectivity index (χ2v) is 5.43. The number of amides is 1. The Balaban J connectivity index is 1.82. The van der Waals surface area contributed by atoms with Gasteiger partial charge in [0.15, 0.2) is 0 Å². The standard InChI is InChI=1S/C13H20N4O2/c1-9-10(7-14-15-9)13(18)17-5-6-19-12-3-4-16(2)8-11(12)17/h7,11-12H,3-6,8H2,1-2H3,(H,14,15)/t11-,12-/m0/s1. The third-order valence-corrected chi connectivity index (χ3v) is 4.11. The smallest absolute Gasteiger partial charge is 0.257 e. The number of piperidine rings is 1. The molecule has 1 aromatic heterocycles. The fourth-order valence-corrected chi connectivity index (χ4v) is 3.00. The van der Waals surface area contributed by atoms with Crippen molar-refractivity contribution < 1.29 is 9.53 Å². The number of carbonyl (C=O) groups is 1. The maximum atomic E-state index is 12.6. The lowest BCUT2D eigenvalue weighted by Gasteiger charge is -2.46. The average molecular weight is 264 g/mol. The summed E-state index contributed by atoms with van der Waals surface area (Å²) in [5.41, 5.74) is 1.51. The molecule has 0 spiro atoms. The molecule has 6 nitrogen and oxygen atoms in total. The zero-order chi connectivity index (χ0) is 13.4. The first-order chi connectivity index (χ1) is 9.16. The number of likely N-dealkylation sites (N-methyl/N-ethyl adjacent to an activating group) is 1. The molecule has 2 atom stereocenters. The number of fused-ring (bicyclic) bond motifs is 1. The van der Waals surface area contributed by atoms with Crippen LogP contribution in [0.2, 0.25) is 0 Å². The molecular weight excluding hydrogens is 244 g/mol. The van der Waals surface area contributed by atoms with Gasteiger partial charge < -0.3 is 14.5 Å². The van der Waals surface area contributed by atoms with Crippen LogP contribution in [-0.2, 0) is 4.74 Å². The van der Waals surface area contributed by atoms with E-state index in [1.807, 2.05) is 11.8 Å². The minimum absolute atomic E-state index is 0.0693. The summed E-state index contributed by atoms with van der Waals surface area (Å²) in [6.45, 7) is 5.10. The normalized spacial score (nSPS) is 28.2. The molecule has 1 N–H and O–H groups in total. The van der Waals surface area contributed by atoms with Crippen molar-refractivity contribution in [2.24, 2.45) is 0 Å². The van der Waals surface area contributed by atoms with Crippen molar-refractivity contribution in [3.8, 4) is 0 Å². The molecule has 1 aromatic rings. The molecular formula is C13H20N4O2. The number of H-pyrrole nitrogens is 1. The number of aromatic amines is 1. The lowest BCUT2D eigenvalue weighted by atomic mass is 9.98. The summed E-state index contributed by atoms with van der Waals surface area (Å²) in [6, 6.07) is 0.161. The van der Waals surface area contributed by atoms with Gasteiger partial charge in [0.1, 0.15) is 0 Å². The highest BCUT2D eigenvalue weighted by Crippen LogP contribution is 2.24. The first-order valence-corrected chi connectivity index (χ1v) is 6.78. The Morgan fingerprint density at radius 2 is 2.37 bits per heavy atom. The molecule has 0 aromatic carbocycles. The first kappa shape index (κ1) is 12.6. The van der Waals surface area contributed by atoms with Gasteiger partial charge in [-0.05, 0) is 20.4 Å². The van der Waals surface area contributed by atoms with Gasteiger partial charge in [-0.2, -0.15) is 5.10 Å². The van der Waals surface area contributed by atoms with Crippen LogP contribution >= 0.6 is 0 Å². The lowest BCUT2D eigenvalue weighted by Crippen LogP contribution is -2.60. The second-order valence-electron chi connectivity index (χ2n) is 5.43. The van der Waals surface area contributed by atoms with Gasteiger partial charge in [-0.15, -0.1) is 0 Å². The minimum Gasteiger partial charge on any atom is -0.374 e. The summed E-state index contributed by atoms with van der Waals surface area (Å²) in [6.07, 6.45) is 2.80. The Morgan fingerprint density at radius 3 is 3.11 bits per heavy atom. The molecule has 0 unspecified atom stereocenters. The van der Waals surface area contributed by atoms with Crippen molar-refractivity contribution in [3.05, 3.63) is 17.5 Å². The van der Waals surface area contributed by atoms with E-state index in [0.717, 1.165) is 25.2 Å². The topological polar surface area (TPSA) is 61.5 Å². The Kier molecular flexibility index (Phi) is 3.28. The number of aromatic nitrogens is 2. The first-order valence-electron chi connectivity index (χ1n) is 6.78. The van der Waals surface area contributed by atoms with E-state index in [9.17, 15) is 4.79 Å². The zero-order valence-electron chi connectivity index (χ0n) is 11.4. The third kappa shape index (κ3) is 2.26. The van der Waals surface area contributed by atoms with Gasteiger partial charge >= 0.3 is 0 Å². The van der Waals surface area contributed by atoms with Gasteiger partial charge in [-0.25, -0.2) is 0 Å². The van der Waals surface area contributed by atoms with Gasteiger partial charge in [0, 0.05) is 25.3 Å². The van der Waals surface area contributed by atoms with Crippen LogP contribution in [0, 0.1) is 6.92 Å². The van der Waals surface area contributed by atoms with Crippen molar-refractivity contribution in [2.45, 2.75) is 25.5 Å². The number of rotatable bonds is 1. The number of nitrogens with zero attached hydrogens (tertiary/aromatic N) is 3. The molecule has 0 saturated carbocycles. The predicted octanol–water partition coefficient (Wildman–Crippen LogP) is 0.263. The van der Waals surface area contributed by atoms with E-state index in [0.29, 0.717) is 18.7 Å². The molecule has 3 rings (SSSR count). The molecule has 3 heterocycles. The Hall–Kier alpha value is -1.40. The number of ether oxygens (including phenoxy) is 1. The van der Waals surface area contributed by atoms with E-state index in [1.54, 1.807) is 6.20 Å². The third-order valence-electron chi connectivity index (χ3n) is 4.11. The molecule has 2 aliphatic heterocycles. The number of hydrogen-bond acceptors (Lipinski definition) is 4. The van der Waals surface area contributed by atoms with Crippen LogP contribution < -0.4 is 0 Å². The summed E-state index contributed by atoms with van der Waals surface area (Å²) < 4.78 is 5.81. The second kappa shape index (κ2) is 4.94. The van der Waals surface area contributed by atoms with Crippen molar-refractivity contribution >= 4 is 5.91 Å². The molecule has 0 aliphatic carbocycles. The van der Waals surface area contributed by atoms with Crippen molar-refractivity contribution in [2.75, 3.05) is 33.3 Å². The summed E-state index contributed by atoms with van der Waals surface area (Å²) in [7, 11) is 2.09.